The SMILES string of the molecule is CCNC(=O)NCc1cccc(-c2cccc([C@H]3O[C@@H](CSc4ccccc4OC)C[C@@H](c4ccc(CO)cc4)O3)c2)c1. The van der Waals surface area contributed by atoms with Crippen molar-refractivity contribution < 1.29 is 24.1 Å². The Labute approximate surface area is 257 Å². The van der Waals surface area contributed by atoms with Gasteiger partial charge in [-0.3, -0.25) is 0 Å². The van der Waals surface area contributed by atoms with Gasteiger partial charge in [0, 0.05) is 35.7 Å². The largest absolute Gasteiger partial charge is 0.496 e. The Morgan fingerprint density at radius 1 is 0.884 bits per heavy atom. The molecule has 3 N–H and O–H groups in total. The molecular formula is C35H38N2O5S. The maximum absolute atomic E-state index is 11.9. The quantitative estimate of drug-likeness (QED) is 0.161. The van der Waals surface area contributed by atoms with Gasteiger partial charge in [-0.15, -0.1) is 11.8 Å². The Morgan fingerprint density at radius 2 is 1.65 bits per heavy atom. The zero-order valence-electron chi connectivity index (χ0n) is 24.5. The highest BCUT2D eigenvalue weighted by atomic mass is 32.2. The smallest absolute Gasteiger partial charge is 0.315 e. The monoisotopic (exact) mass is 598 g/mol. The van der Waals surface area contributed by atoms with Crippen LogP contribution in [0, 0.1) is 0 Å². The Hall–Kier alpha value is -3.82. The molecule has 224 valence electrons. The summed E-state index contributed by atoms with van der Waals surface area (Å²) in [7, 11) is 1.69. The lowest BCUT2D eigenvalue weighted by atomic mass is 9.99. The average Bonchev–Trinajstić information content (AvgIpc) is 3.07. The van der Waals surface area contributed by atoms with Gasteiger partial charge >= 0.3 is 6.03 Å². The van der Waals surface area contributed by atoms with E-state index in [1.54, 1.807) is 18.9 Å². The van der Waals surface area contributed by atoms with Crippen molar-refractivity contribution in [2.75, 3.05) is 19.4 Å². The van der Waals surface area contributed by atoms with Crippen LogP contribution in [0.1, 0.15) is 48.0 Å². The van der Waals surface area contributed by atoms with E-state index in [0.717, 1.165) is 49.8 Å². The van der Waals surface area contributed by atoms with Gasteiger partial charge in [0.25, 0.3) is 0 Å². The highest BCUT2D eigenvalue weighted by Crippen LogP contribution is 2.41. The summed E-state index contributed by atoms with van der Waals surface area (Å²) in [5.41, 5.74) is 5.96. The fraction of sp³-hybridized carbons (Fsp3) is 0.286. The van der Waals surface area contributed by atoms with E-state index in [4.69, 9.17) is 14.2 Å². The van der Waals surface area contributed by atoms with Crippen molar-refractivity contribution in [2.24, 2.45) is 0 Å². The molecule has 0 unspecified atom stereocenters. The van der Waals surface area contributed by atoms with Crippen molar-refractivity contribution in [3.05, 3.63) is 119 Å². The second-order valence-corrected chi connectivity index (χ2v) is 11.4. The number of thioether (sulfide) groups is 1. The standard InChI is InChI=1S/C35H38N2O5S/c1-3-36-35(39)37-21-25-8-6-9-27(18-25)28-10-7-11-29(19-28)34-41-30(23-43-33-13-5-4-12-31(33)40-2)20-32(42-34)26-16-14-24(22-38)15-17-26/h4-19,30,32,34,38H,3,20-23H2,1-2H3,(H2,36,37,39)/t30-,32+,34+/m1/s1. The molecule has 7 nitrogen and oxygen atoms in total. The van der Waals surface area contributed by atoms with Crippen molar-refractivity contribution in [3.63, 3.8) is 0 Å². The van der Waals surface area contributed by atoms with E-state index in [1.165, 1.54) is 0 Å². The number of ether oxygens (including phenoxy) is 3. The van der Waals surface area contributed by atoms with E-state index >= 15 is 0 Å². The van der Waals surface area contributed by atoms with Crippen LogP contribution in [0.2, 0.25) is 0 Å². The summed E-state index contributed by atoms with van der Waals surface area (Å²) in [6, 6.07) is 32.2. The number of urea groups is 1. The Morgan fingerprint density at radius 3 is 2.42 bits per heavy atom. The second-order valence-electron chi connectivity index (χ2n) is 10.4. The van der Waals surface area contributed by atoms with Gasteiger partial charge in [-0.25, -0.2) is 4.79 Å². The van der Waals surface area contributed by atoms with Crippen LogP contribution in [0.4, 0.5) is 4.79 Å². The van der Waals surface area contributed by atoms with E-state index in [1.807, 2.05) is 73.7 Å². The number of nitrogens with one attached hydrogen (secondary N) is 2. The van der Waals surface area contributed by atoms with Gasteiger partial charge in [0.15, 0.2) is 6.29 Å². The molecule has 8 heteroatoms. The van der Waals surface area contributed by atoms with Gasteiger partial charge < -0.3 is 30.0 Å². The molecule has 4 aromatic rings. The maximum atomic E-state index is 11.9. The number of hydrogen-bond acceptors (Lipinski definition) is 6. The molecule has 0 radical (unpaired) electrons. The number of amides is 2. The summed E-state index contributed by atoms with van der Waals surface area (Å²) in [5, 5.41) is 15.2. The fourth-order valence-electron chi connectivity index (χ4n) is 5.07. The first-order chi connectivity index (χ1) is 21.1. The Balaban J connectivity index is 1.36. The molecule has 0 spiro atoms. The highest BCUT2D eigenvalue weighted by Gasteiger charge is 2.32. The number of aliphatic hydroxyl groups is 1. The molecule has 2 amide bonds. The number of hydrogen-bond donors (Lipinski definition) is 3. The summed E-state index contributed by atoms with van der Waals surface area (Å²) in [6.45, 7) is 2.92. The van der Waals surface area contributed by atoms with Crippen molar-refractivity contribution in [1.82, 2.24) is 10.6 Å². The van der Waals surface area contributed by atoms with Crippen molar-refractivity contribution in [3.8, 4) is 16.9 Å². The number of aliphatic hydroxyl groups excluding tert-OH is 1. The molecular weight excluding hydrogens is 560 g/mol. The molecule has 43 heavy (non-hydrogen) atoms. The van der Waals surface area contributed by atoms with Crippen molar-refractivity contribution in [1.29, 1.82) is 0 Å². The predicted molar refractivity (Wildman–Crippen MR) is 170 cm³/mol. The minimum absolute atomic E-state index is 0.00566. The molecule has 1 fully saturated rings. The fourth-order valence-corrected chi connectivity index (χ4v) is 6.12. The number of carbonyl (C=O) groups is 1. The zero-order chi connectivity index (χ0) is 30.0. The van der Waals surface area contributed by atoms with Gasteiger partial charge in [0.1, 0.15) is 5.75 Å². The minimum atomic E-state index is -0.554. The summed E-state index contributed by atoms with van der Waals surface area (Å²) >= 11 is 1.72. The number of methoxy groups -OCH3 is 1. The van der Waals surface area contributed by atoms with Gasteiger partial charge in [0.05, 0.1) is 25.9 Å². The normalized spacial score (nSPS) is 18.2. The zero-order valence-corrected chi connectivity index (χ0v) is 25.3. The van der Waals surface area contributed by atoms with E-state index in [0.29, 0.717) is 19.5 Å². The summed E-state index contributed by atoms with van der Waals surface area (Å²) in [6.07, 6.45) is -0.0787. The molecule has 1 aliphatic heterocycles. The third-order valence-corrected chi connectivity index (χ3v) is 8.50. The summed E-state index contributed by atoms with van der Waals surface area (Å²) < 4.78 is 18.7. The summed E-state index contributed by atoms with van der Waals surface area (Å²) in [4.78, 5) is 12.9. The molecule has 0 saturated carbocycles. The van der Waals surface area contributed by atoms with Gasteiger partial charge in [-0.1, -0.05) is 72.8 Å². The summed E-state index contributed by atoms with van der Waals surface area (Å²) in [5.74, 6) is 1.59. The van der Waals surface area contributed by atoms with Crippen LogP contribution in [0.3, 0.4) is 0 Å². The molecule has 4 aromatic carbocycles. The molecule has 0 bridgehead atoms. The molecule has 1 heterocycles. The Bertz CT molecular complexity index is 1500. The average molecular weight is 599 g/mol. The lowest BCUT2D eigenvalue weighted by molar-refractivity contribution is -0.245. The van der Waals surface area contributed by atoms with Gasteiger partial charge in [-0.05, 0) is 59.0 Å². The third-order valence-electron chi connectivity index (χ3n) is 7.32. The van der Waals surface area contributed by atoms with Crippen LogP contribution in [0.25, 0.3) is 11.1 Å². The van der Waals surface area contributed by atoms with Crippen LogP contribution in [0.5, 0.6) is 5.75 Å². The van der Waals surface area contributed by atoms with Gasteiger partial charge in [0.2, 0.25) is 0 Å². The third kappa shape index (κ3) is 8.18. The van der Waals surface area contributed by atoms with Crippen LogP contribution in [-0.4, -0.2) is 36.6 Å². The topological polar surface area (TPSA) is 89.1 Å². The molecule has 3 atom stereocenters. The minimum Gasteiger partial charge on any atom is -0.496 e. The lowest BCUT2D eigenvalue weighted by Crippen LogP contribution is -2.34. The van der Waals surface area contributed by atoms with Crippen molar-refractivity contribution in [2.45, 2.75) is 49.9 Å². The molecule has 5 rings (SSSR count). The molecule has 1 aliphatic rings. The first kappa shape index (κ1) is 30.6. The van der Waals surface area contributed by atoms with Crippen LogP contribution in [-0.2, 0) is 22.6 Å². The van der Waals surface area contributed by atoms with Gasteiger partial charge in [-0.2, -0.15) is 0 Å². The van der Waals surface area contributed by atoms with Crippen LogP contribution < -0.4 is 15.4 Å². The van der Waals surface area contributed by atoms with E-state index in [2.05, 4.69) is 41.0 Å². The molecule has 0 aliphatic carbocycles. The highest BCUT2D eigenvalue weighted by molar-refractivity contribution is 7.99. The first-order valence-corrected chi connectivity index (χ1v) is 15.5. The van der Waals surface area contributed by atoms with Crippen LogP contribution in [0.15, 0.2) is 102 Å². The number of carbonyl (C=O) groups excluding carboxylic acids is 1. The van der Waals surface area contributed by atoms with Crippen LogP contribution >= 0.6 is 11.8 Å². The lowest BCUT2D eigenvalue weighted by Gasteiger charge is -2.36. The van der Waals surface area contributed by atoms with Crippen molar-refractivity contribution >= 4 is 17.8 Å². The number of rotatable bonds is 11. The number of benzene rings is 4. The number of para-hydroxylation sites is 1. The van der Waals surface area contributed by atoms with E-state index in [9.17, 15) is 9.90 Å². The van der Waals surface area contributed by atoms with E-state index in [-0.39, 0.29) is 24.8 Å². The Kier molecular flexibility index (Phi) is 10.7. The maximum Gasteiger partial charge on any atom is 0.315 e. The molecule has 0 aromatic heterocycles. The predicted octanol–water partition coefficient (Wildman–Crippen LogP) is 7.01. The second kappa shape index (κ2) is 15.1. The molecule has 1 saturated heterocycles. The first-order valence-electron chi connectivity index (χ1n) is 14.5. The van der Waals surface area contributed by atoms with E-state index < -0.39 is 6.29 Å².